The summed E-state index contributed by atoms with van der Waals surface area (Å²) in [6.07, 6.45) is 3.49. The molecule has 18 heavy (non-hydrogen) atoms. The van der Waals surface area contributed by atoms with Gasteiger partial charge in [-0.05, 0) is 48.9 Å². The smallest absolute Gasteiger partial charge is 0.258 e. The molecule has 1 amide bonds. The van der Waals surface area contributed by atoms with Gasteiger partial charge in [-0.15, -0.1) is 0 Å². The molecule has 1 aromatic rings. The highest BCUT2D eigenvalue weighted by atomic mass is 16.5. The summed E-state index contributed by atoms with van der Waals surface area (Å²) in [5.41, 5.74) is 2.12. The lowest BCUT2D eigenvalue weighted by Crippen LogP contribution is -2.30. The van der Waals surface area contributed by atoms with Gasteiger partial charge in [0.05, 0.1) is 6.10 Å². The molecule has 0 bridgehead atoms. The normalized spacial score (nSPS) is 21.5. The summed E-state index contributed by atoms with van der Waals surface area (Å²) < 4.78 is 5.46. The van der Waals surface area contributed by atoms with E-state index in [2.05, 4.69) is 5.32 Å². The molecule has 1 atom stereocenters. The van der Waals surface area contributed by atoms with Crippen LogP contribution in [0, 0.1) is 0 Å². The van der Waals surface area contributed by atoms with E-state index >= 15 is 0 Å². The molecule has 0 unspecified atom stereocenters. The van der Waals surface area contributed by atoms with Crippen molar-refractivity contribution in [2.75, 3.05) is 6.61 Å². The van der Waals surface area contributed by atoms with Crippen molar-refractivity contribution >= 4 is 5.91 Å². The van der Waals surface area contributed by atoms with Crippen LogP contribution in [0.1, 0.15) is 36.5 Å². The standard InChI is InChI=1S/C14H17NO3/c16-13-6-1-9-7-11(4-5-12(9)13)18-8-14(17)15-10-2-3-10/h4-5,7,10,13,16H,1-3,6,8H2,(H,15,17)/t13-/m0/s1. The van der Waals surface area contributed by atoms with E-state index in [1.807, 2.05) is 18.2 Å². The fourth-order valence-corrected chi connectivity index (χ4v) is 2.31. The summed E-state index contributed by atoms with van der Waals surface area (Å²) in [7, 11) is 0. The predicted octanol–water partition coefficient (Wildman–Crippen LogP) is 1.32. The molecule has 0 heterocycles. The number of fused-ring (bicyclic) bond motifs is 1. The second kappa shape index (κ2) is 4.61. The Morgan fingerprint density at radius 2 is 2.22 bits per heavy atom. The van der Waals surface area contributed by atoms with Crippen LogP contribution in [0.15, 0.2) is 18.2 Å². The number of ether oxygens (including phenoxy) is 1. The molecule has 0 spiro atoms. The van der Waals surface area contributed by atoms with E-state index in [-0.39, 0.29) is 18.6 Å². The molecule has 0 aliphatic heterocycles. The van der Waals surface area contributed by atoms with E-state index < -0.39 is 0 Å². The highest BCUT2D eigenvalue weighted by Crippen LogP contribution is 2.33. The van der Waals surface area contributed by atoms with Gasteiger partial charge in [0, 0.05) is 6.04 Å². The second-order valence-electron chi connectivity index (χ2n) is 5.05. The summed E-state index contributed by atoms with van der Waals surface area (Å²) in [5.74, 6) is 0.645. The Labute approximate surface area is 106 Å². The number of carbonyl (C=O) groups is 1. The second-order valence-corrected chi connectivity index (χ2v) is 5.05. The van der Waals surface area contributed by atoms with E-state index in [9.17, 15) is 9.90 Å². The van der Waals surface area contributed by atoms with Gasteiger partial charge < -0.3 is 15.2 Å². The lowest BCUT2D eigenvalue weighted by atomic mass is 10.1. The van der Waals surface area contributed by atoms with Gasteiger partial charge in [-0.2, -0.15) is 0 Å². The number of hydrogen-bond donors (Lipinski definition) is 2. The molecular weight excluding hydrogens is 230 g/mol. The SMILES string of the molecule is O=C(COc1ccc2c(c1)CC[C@@H]2O)NC1CC1. The maximum atomic E-state index is 11.5. The van der Waals surface area contributed by atoms with Gasteiger partial charge in [0.1, 0.15) is 5.75 Å². The Hall–Kier alpha value is -1.55. The average Bonchev–Trinajstić information content (AvgIpc) is 3.10. The summed E-state index contributed by atoms with van der Waals surface area (Å²) >= 11 is 0. The Morgan fingerprint density at radius 3 is 3.00 bits per heavy atom. The Bertz CT molecular complexity index is 468. The van der Waals surface area contributed by atoms with E-state index in [0.717, 1.165) is 36.8 Å². The van der Waals surface area contributed by atoms with Gasteiger partial charge >= 0.3 is 0 Å². The number of hydrogen-bond acceptors (Lipinski definition) is 3. The third-order valence-electron chi connectivity index (χ3n) is 3.47. The minimum absolute atomic E-state index is 0.0574. The molecular formula is C14H17NO3. The molecule has 0 radical (unpaired) electrons. The molecule has 3 rings (SSSR count). The molecule has 0 aromatic heterocycles. The monoisotopic (exact) mass is 247 g/mol. The molecule has 4 heteroatoms. The fraction of sp³-hybridized carbons (Fsp3) is 0.500. The first kappa shape index (κ1) is 11.5. The molecule has 4 nitrogen and oxygen atoms in total. The van der Waals surface area contributed by atoms with Crippen molar-refractivity contribution < 1.29 is 14.6 Å². The molecule has 0 saturated heterocycles. The molecule has 96 valence electrons. The minimum Gasteiger partial charge on any atom is -0.484 e. The number of carbonyl (C=O) groups excluding carboxylic acids is 1. The lowest BCUT2D eigenvalue weighted by Gasteiger charge is -2.09. The Kier molecular flexibility index (Phi) is 2.96. The van der Waals surface area contributed by atoms with Crippen LogP contribution in [0.4, 0.5) is 0 Å². The molecule has 2 N–H and O–H groups in total. The van der Waals surface area contributed by atoms with Crippen molar-refractivity contribution in [1.82, 2.24) is 5.32 Å². The third kappa shape index (κ3) is 2.48. The number of rotatable bonds is 4. The molecule has 1 saturated carbocycles. The zero-order chi connectivity index (χ0) is 12.5. The number of aliphatic hydroxyl groups excluding tert-OH is 1. The third-order valence-corrected chi connectivity index (χ3v) is 3.47. The van der Waals surface area contributed by atoms with Crippen LogP contribution in [-0.2, 0) is 11.2 Å². The van der Waals surface area contributed by atoms with E-state index in [0.29, 0.717) is 11.8 Å². The molecule has 1 fully saturated rings. The first-order valence-electron chi connectivity index (χ1n) is 6.45. The van der Waals surface area contributed by atoms with Gasteiger partial charge in [0.15, 0.2) is 6.61 Å². The van der Waals surface area contributed by atoms with Crippen LogP contribution in [0.3, 0.4) is 0 Å². The van der Waals surface area contributed by atoms with E-state index in [1.54, 1.807) is 0 Å². The van der Waals surface area contributed by atoms with Crippen LogP contribution < -0.4 is 10.1 Å². The van der Waals surface area contributed by atoms with Crippen LogP contribution in [0.2, 0.25) is 0 Å². The maximum absolute atomic E-state index is 11.5. The van der Waals surface area contributed by atoms with Crippen LogP contribution in [0.25, 0.3) is 0 Å². The van der Waals surface area contributed by atoms with Crippen molar-refractivity contribution in [2.45, 2.75) is 37.8 Å². The van der Waals surface area contributed by atoms with Crippen LogP contribution >= 0.6 is 0 Å². The zero-order valence-corrected chi connectivity index (χ0v) is 10.2. The number of nitrogens with one attached hydrogen (secondary N) is 1. The number of amides is 1. The van der Waals surface area contributed by atoms with Gasteiger partial charge in [-0.1, -0.05) is 6.07 Å². The summed E-state index contributed by atoms with van der Waals surface area (Å²) in [5, 5.41) is 12.6. The molecule has 1 aromatic carbocycles. The maximum Gasteiger partial charge on any atom is 0.258 e. The quantitative estimate of drug-likeness (QED) is 0.843. The van der Waals surface area contributed by atoms with Crippen molar-refractivity contribution in [3.8, 4) is 5.75 Å². The number of aliphatic hydroxyl groups is 1. The average molecular weight is 247 g/mol. The van der Waals surface area contributed by atoms with Crippen molar-refractivity contribution in [3.05, 3.63) is 29.3 Å². The first-order valence-corrected chi connectivity index (χ1v) is 6.45. The summed E-state index contributed by atoms with van der Waals surface area (Å²) in [6, 6.07) is 6.01. The molecule has 2 aliphatic rings. The van der Waals surface area contributed by atoms with Crippen LogP contribution in [0.5, 0.6) is 5.75 Å². The first-order chi connectivity index (χ1) is 8.72. The minimum atomic E-state index is -0.341. The van der Waals surface area contributed by atoms with E-state index in [4.69, 9.17) is 4.74 Å². The highest BCUT2D eigenvalue weighted by Gasteiger charge is 2.23. The lowest BCUT2D eigenvalue weighted by molar-refractivity contribution is -0.123. The number of aryl methyl sites for hydroxylation is 1. The Morgan fingerprint density at radius 1 is 1.39 bits per heavy atom. The Balaban J connectivity index is 1.58. The van der Waals surface area contributed by atoms with Crippen LogP contribution in [-0.4, -0.2) is 23.7 Å². The number of benzene rings is 1. The van der Waals surface area contributed by atoms with Gasteiger partial charge in [-0.25, -0.2) is 0 Å². The van der Waals surface area contributed by atoms with Gasteiger partial charge in [0.25, 0.3) is 5.91 Å². The largest absolute Gasteiger partial charge is 0.484 e. The molecule has 2 aliphatic carbocycles. The summed E-state index contributed by atoms with van der Waals surface area (Å²) in [6.45, 7) is 0.0673. The fourth-order valence-electron chi connectivity index (χ4n) is 2.31. The topological polar surface area (TPSA) is 58.6 Å². The van der Waals surface area contributed by atoms with Gasteiger partial charge in [0.2, 0.25) is 0 Å². The summed E-state index contributed by atoms with van der Waals surface area (Å²) in [4.78, 5) is 11.5. The van der Waals surface area contributed by atoms with Crippen molar-refractivity contribution in [2.24, 2.45) is 0 Å². The van der Waals surface area contributed by atoms with Crippen molar-refractivity contribution in [1.29, 1.82) is 0 Å². The van der Waals surface area contributed by atoms with Gasteiger partial charge in [-0.3, -0.25) is 4.79 Å². The highest BCUT2D eigenvalue weighted by molar-refractivity contribution is 5.78. The zero-order valence-electron chi connectivity index (χ0n) is 10.2. The predicted molar refractivity (Wildman–Crippen MR) is 66.4 cm³/mol. The van der Waals surface area contributed by atoms with E-state index in [1.165, 1.54) is 0 Å². The van der Waals surface area contributed by atoms with Crippen molar-refractivity contribution in [3.63, 3.8) is 0 Å².